The number of nitrogens with one attached hydrogen (secondary N) is 1. The van der Waals surface area contributed by atoms with Gasteiger partial charge in [0.25, 0.3) is 0 Å². The summed E-state index contributed by atoms with van der Waals surface area (Å²) in [7, 11) is 1.69. The van der Waals surface area contributed by atoms with Crippen LogP contribution in [0.15, 0.2) is 35.5 Å². The summed E-state index contributed by atoms with van der Waals surface area (Å²) in [6.45, 7) is 4.10. The van der Waals surface area contributed by atoms with Crippen molar-refractivity contribution in [3.63, 3.8) is 0 Å². The Bertz CT molecular complexity index is 680. The highest BCUT2D eigenvalue weighted by atomic mass is 32.2. The normalized spacial score (nSPS) is 11.3. The highest BCUT2D eigenvalue weighted by Crippen LogP contribution is 2.18. The zero-order valence-electron chi connectivity index (χ0n) is 12.8. The molecule has 6 heteroatoms. The van der Waals surface area contributed by atoms with Crippen LogP contribution in [0, 0.1) is 13.8 Å². The van der Waals surface area contributed by atoms with Crippen LogP contribution in [0.25, 0.3) is 0 Å². The molecule has 22 heavy (non-hydrogen) atoms. The average Bonchev–Trinajstić information content (AvgIpc) is 2.47. The second-order valence-corrected chi connectivity index (χ2v) is 5.78. The van der Waals surface area contributed by atoms with Gasteiger partial charge in [-0.1, -0.05) is 17.8 Å². The number of nitrogens with zero attached hydrogens (tertiary/aromatic N) is 3. The number of hydrogen-bond donors (Lipinski definition) is 1. The van der Waals surface area contributed by atoms with Crippen LogP contribution in [0.5, 0.6) is 0 Å². The van der Waals surface area contributed by atoms with Gasteiger partial charge in [-0.25, -0.2) is 9.97 Å². The summed E-state index contributed by atoms with van der Waals surface area (Å²) in [5.74, 6) is 0.867. The van der Waals surface area contributed by atoms with E-state index in [0.717, 1.165) is 17.0 Å². The smallest absolute Gasteiger partial charge is 0.227 e. The fraction of sp³-hybridized carbons (Fsp3) is 0.250. The van der Waals surface area contributed by atoms with E-state index < -0.39 is 0 Å². The highest BCUT2D eigenvalue weighted by molar-refractivity contribution is 8.14. The summed E-state index contributed by atoms with van der Waals surface area (Å²) < 4.78 is 0. The van der Waals surface area contributed by atoms with Crippen molar-refractivity contribution < 1.29 is 4.79 Å². The van der Waals surface area contributed by atoms with Gasteiger partial charge in [0.05, 0.1) is 5.75 Å². The first-order valence-corrected chi connectivity index (χ1v) is 7.83. The third kappa shape index (κ3) is 4.39. The van der Waals surface area contributed by atoms with Gasteiger partial charge in [0.2, 0.25) is 5.95 Å². The fourth-order valence-electron chi connectivity index (χ4n) is 2.08. The van der Waals surface area contributed by atoms with Crippen molar-refractivity contribution in [2.75, 3.05) is 18.1 Å². The summed E-state index contributed by atoms with van der Waals surface area (Å²) >= 11 is 1.36. The lowest BCUT2D eigenvalue weighted by Gasteiger charge is -2.09. The van der Waals surface area contributed by atoms with E-state index in [2.05, 4.69) is 26.3 Å². The summed E-state index contributed by atoms with van der Waals surface area (Å²) in [6, 6.07) is 7.98. The number of hydrogen-bond acceptors (Lipinski definition) is 6. The van der Waals surface area contributed by atoms with Crippen LogP contribution < -0.4 is 5.32 Å². The van der Waals surface area contributed by atoms with Gasteiger partial charge < -0.3 is 10.1 Å². The minimum atomic E-state index is 0.358. The predicted octanol–water partition coefficient (Wildman–Crippen LogP) is 3.15. The van der Waals surface area contributed by atoms with Crippen molar-refractivity contribution in [2.45, 2.75) is 13.8 Å². The van der Waals surface area contributed by atoms with Gasteiger partial charge in [0.15, 0.2) is 0 Å². The summed E-state index contributed by atoms with van der Waals surface area (Å²) in [4.78, 5) is 23.4. The molecule has 0 aliphatic heterocycles. The molecule has 0 atom stereocenters. The highest BCUT2D eigenvalue weighted by Gasteiger charge is 2.07. The van der Waals surface area contributed by atoms with Crippen molar-refractivity contribution in [3.8, 4) is 0 Å². The standard InChI is InChI=1S/C16H18N4OS/c1-11-8-12(2)10-13(9-11)19-16-18-5-4-14(20-16)15(17-3)22-7-6-21/h4-6,8-10H,7H2,1-3H3,(H,18,19,20). The van der Waals surface area contributed by atoms with Crippen molar-refractivity contribution in [2.24, 2.45) is 4.99 Å². The number of aryl methyl sites for hydroxylation is 2. The van der Waals surface area contributed by atoms with Crippen LogP contribution in [-0.2, 0) is 4.79 Å². The predicted molar refractivity (Wildman–Crippen MR) is 92.2 cm³/mol. The maximum Gasteiger partial charge on any atom is 0.227 e. The Balaban J connectivity index is 2.22. The topological polar surface area (TPSA) is 67.2 Å². The van der Waals surface area contributed by atoms with Gasteiger partial charge in [0, 0.05) is 18.9 Å². The Morgan fingerprint density at radius 1 is 1.32 bits per heavy atom. The van der Waals surface area contributed by atoms with Crippen molar-refractivity contribution in [1.82, 2.24) is 9.97 Å². The molecule has 0 amide bonds. The van der Waals surface area contributed by atoms with E-state index in [1.807, 2.05) is 26.0 Å². The Morgan fingerprint density at radius 3 is 2.68 bits per heavy atom. The fourth-order valence-corrected chi connectivity index (χ4v) is 2.70. The maximum absolute atomic E-state index is 10.5. The molecular formula is C16H18N4OS. The molecule has 114 valence electrons. The van der Waals surface area contributed by atoms with E-state index in [1.165, 1.54) is 22.9 Å². The van der Waals surface area contributed by atoms with E-state index in [-0.39, 0.29) is 0 Å². The molecule has 2 aromatic rings. The number of carbonyl (C=O) groups is 1. The first-order valence-electron chi connectivity index (χ1n) is 6.84. The summed E-state index contributed by atoms with van der Waals surface area (Å²) in [5, 5.41) is 3.93. The van der Waals surface area contributed by atoms with E-state index in [0.29, 0.717) is 17.4 Å². The molecule has 0 fully saturated rings. The SMILES string of the molecule is CN=C(SCC=O)c1ccnc(Nc2cc(C)cc(C)c2)n1. The molecular weight excluding hydrogens is 296 g/mol. The summed E-state index contributed by atoms with van der Waals surface area (Å²) in [6.07, 6.45) is 2.53. The van der Waals surface area contributed by atoms with E-state index in [4.69, 9.17) is 0 Å². The number of carbonyl (C=O) groups excluding carboxylic acids is 1. The molecule has 5 nitrogen and oxygen atoms in total. The molecule has 1 heterocycles. The van der Waals surface area contributed by atoms with Gasteiger partial charge >= 0.3 is 0 Å². The lowest BCUT2D eigenvalue weighted by Crippen LogP contribution is -2.05. The minimum Gasteiger partial charge on any atom is -0.324 e. The number of anilines is 2. The molecule has 0 unspecified atom stereocenters. The number of aromatic nitrogens is 2. The lowest BCUT2D eigenvalue weighted by atomic mass is 10.1. The number of thioether (sulfide) groups is 1. The third-order valence-corrected chi connectivity index (χ3v) is 3.81. The summed E-state index contributed by atoms with van der Waals surface area (Å²) in [5.41, 5.74) is 4.01. The number of rotatable bonds is 5. The molecule has 0 bridgehead atoms. The van der Waals surface area contributed by atoms with Crippen LogP contribution in [-0.4, -0.2) is 34.1 Å². The van der Waals surface area contributed by atoms with Gasteiger partial charge in [-0.05, 0) is 43.2 Å². The molecule has 0 saturated heterocycles. The third-order valence-electron chi connectivity index (χ3n) is 2.84. The van der Waals surface area contributed by atoms with Crippen LogP contribution in [0.3, 0.4) is 0 Å². The van der Waals surface area contributed by atoms with Gasteiger partial charge in [-0.15, -0.1) is 0 Å². The zero-order valence-corrected chi connectivity index (χ0v) is 13.6. The van der Waals surface area contributed by atoms with Crippen LogP contribution in [0.1, 0.15) is 16.8 Å². The van der Waals surface area contributed by atoms with E-state index in [1.54, 1.807) is 19.3 Å². The Labute approximate surface area is 134 Å². The van der Waals surface area contributed by atoms with Gasteiger partial charge in [-0.3, -0.25) is 4.99 Å². The largest absolute Gasteiger partial charge is 0.324 e. The zero-order chi connectivity index (χ0) is 15.9. The van der Waals surface area contributed by atoms with Crippen molar-refractivity contribution in [1.29, 1.82) is 0 Å². The van der Waals surface area contributed by atoms with E-state index in [9.17, 15) is 4.79 Å². The average molecular weight is 314 g/mol. The molecule has 1 N–H and O–H groups in total. The van der Waals surface area contributed by atoms with Gasteiger partial charge in [-0.2, -0.15) is 0 Å². The van der Waals surface area contributed by atoms with Crippen LogP contribution in [0.2, 0.25) is 0 Å². The number of aliphatic imine (C=N–C) groups is 1. The first-order chi connectivity index (χ1) is 10.6. The minimum absolute atomic E-state index is 0.358. The second-order valence-electron chi connectivity index (χ2n) is 4.77. The Hall–Kier alpha value is -2.21. The molecule has 2 rings (SSSR count). The molecule has 1 aromatic heterocycles. The molecule has 0 saturated carbocycles. The van der Waals surface area contributed by atoms with Crippen LogP contribution in [0.4, 0.5) is 11.6 Å². The monoisotopic (exact) mass is 314 g/mol. The molecule has 0 aliphatic rings. The van der Waals surface area contributed by atoms with Crippen LogP contribution >= 0.6 is 11.8 Å². The van der Waals surface area contributed by atoms with Gasteiger partial charge in [0.1, 0.15) is 17.0 Å². The maximum atomic E-state index is 10.5. The lowest BCUT2D eigenvalue weighted by molar-refractivity contribution is -0.105. The Morgan fingerprint density at radius 2 is 2.05 bits per heavy atom. The molecule has 0 radical (unpaired) electrons. The number of benzene rings is 1. The van der Waals surface area contributed by atoms with Crippen molar-refractivity contribution >= 4 is 34.7 Å². The Kier molecular flexibility index (Phi) is 5.66. The first kappa shape index (κ1) is 16.2. The van der Waals surface area contributed by atoms with Crippen molar-refractivity contribution in [3.05, 3.63) is 47.3 Å². The van der Waals surface area contributed by atoms with E-state index >= 15 is 0 Å². The molecule has 0 aliphatic carbocycles. The molecule has 1 aromatic carbocycles. The quantitative estimate of drug-likeness (QED) is 0.522. The number of aldehydes is 1. The molecule has 0 spiro atoms. The second kappa shape index (κ2) is 7.70.